The van der Waals surface area contributed by atoms with E-state index in [2.05, 4.69) is 25.5 Å². The van der Waals surface area contributed by atoms with E-state index in [1.807, 2.05) is 19.1 Å². The lowest BCUT2D eigenvalue weighted by molar-refractivity contribution is 0.474. The molecule has 0 atom stereocenters. The van der Waals surface area contributed by atoms with Gasteiger partial charge in [0.15, 0.2) is 5.82 Å². The maximum Gasteiger partial charge on any atom is 0.159 e. The number of imidazole rings is 1. The van der Waals surface area contributed by atoms with Crippen molar-refractivity contribution in [3.8, 4) is 28.4 Å². The smallest absolute Gasteiger partial charge is 0.159 e. The van der Waals surface area contributed by atoms with Gasteiger partial charge in [0.2, 0.25) is 0 Å². The van der Waals surface area contributed by atoms with E-state index < -0.39 is 0 Å². The van der Waals surface area contributed by atoms with Crippen LogP contribution in [-0.2, 0) is 19.4 Å². The van der Waals surface area contributed by atoms with Gasteiger partial charge in [-0.2, -0.15) is 5.10 Å². The SMILES string of the molecule is CCc1cc(O)ccc1-c1cc(F)c2c(-c3nc4c([nH]3)CNCC4)n[nH]c2c1. The molecule has 3 heterocycles. The normalized spacial score (nSPS) is 13.8. The molecular formula is C21H20FN5O. The molecule has 0 spiro atoms. The predicted molar refractivity (Wildman–Crippen MR) is 106 cm³/mol. The highest BCUT2D eigenvalue weighted by atomic mass is 19.1. The van der Waals surface area contributed by atoms with Crippen LogP contribution in [0.4, 0.5) is 4.39 Å². The van der Waals surface area contributed by atoms with Gasteiger partial charge in [0.1, 0.15) is 17.3 Å². The minimum atomic E-state index is -0.348. The van der Waals surface area contributed by atoms with Gasteiger partial charge >= 0.3 is 0 Å². The Morgan fingerprint density at radius 1 is 1.21 bits per heavy atom. The molecule has 142 valence electrons. The molecule has 0 saturated heterocycles. The van der Waals surface area contributed by atoms with E-state index in [0.717, 1.165) is 54.0 Å². The zero-order chi connectivity index (χ0) is 19.3. The van der Waals surface area contributed by atoms with Gasteiger partial charge in [-0.25, -0.2) is 9.37 Å². The maximum absolute atomic E-state index is 15.1. The predicted octanol–water partition coefficient (Wildman–Crippen LogP) is 3.67. The molecule has 28 heavy (non-hydrogen) atoms. The molecule has 7 heteroatoms. The second kappa shape index (κ2) is 6.45. The monoisotopic (exact) mass is 377 g/mol. The number of hydrogen-bond acceptors (Lipinski definition) is 4. The van der Waals surface area contributed by atoms with Crippen molar-refractivity contribution < 1.29 is 9.50 Å². The minimum Gasteiger partial charge on any atom is -0.508 e. The number of H-pyrrole nitrogens is 2. The Balaban J connectivity index is 1.63. The second-order valence-electron chi connectivity index (χ2n) is 7.09. The number of aromatic hydroxyl groups is 1. The van der Waals surface area contributed by atoms with Crippen LogP contribution < -0.4 is 5.32 Å². The van der Waals surface area contributed by atoms with E-state index in [1.54, 1.807) is 12.1 Å². The third kappa shape index (κ3) is 2.66. The molecule has 0 saturated carbocycles. The lowest BCUT2D eigenvalue weighted by Gasteiger charge is -2.09. The van der Waals surface area contributed by atoms with Crippen molar-refractivity contribution in [2.75, 3.05) is 6.54 Å². The molecule has 0 aliphatic carbocycles. The number of halogens is 1. The fourth-order valence-electron chi connectivity index (χ4n) is 3.92. The third-order valence-corrected chi connectivity index (χ3v) is 5.32. The Morgan fingerprint density at radius 3 is 2.93 bits per heavy atom. The van der Waals surface area contributed by atoms with E-state index in [9.17, 15) is 5.11 Å². The summed E-state index contributed by atoms with van der Waals surface area (Å²) in [5.74, 6) is 0.451. The molecule has 5 rings (SSSR count). The average Bonchev–Trinajstić information content (AvgIpc) is 3.31. The van der Waals surface area contributed by atoms with Crippen molar-refractivity contribution in [3.63, 3.8) is 0 Å². The summed E-state index contributed by atoms with van der Waals surface area (Å²) < 4.78 is 15.1. The zero-order valence-electron chi connectivity index (χ0n) is 15.4. The highest BCUT2D eigenvalue weighted by Crippen LogP contribution is 2.34. The summed E-state index contributed by atoms with van der Waals surface area (Å²) in [6, 6.07) is 8.58. The molecule has 1 aliphatic heterocycles. The first kappa shape index (κ1) is 16.9. The van der Waals surface area contributed by atoms with Gasteiger partial charge < -0.3 is 15.4 Å². The van der Waals surface area contributed by atoms with Gasteiger partial charge in [0.05, 0.1) is 22.3 Å². The van der Waals surface area contributed by atoms with E-state index >= 15 is 4.39 Å². The summed E-state index contributed by atoms with van der Waals surface area (Å²) in [4.78, 5) is 7.91. The molecule has 2 aromatic heterocycles. The second-order valence-corrected chi connectivity index (χ2v) is 7.09. The van der Waals surface area contributed by atoms with E-state index in [1.165, 1.54) is 6.07 Å². The number of nitrogens with one attached hydrogen (secondary N) is 3. The molecule has 0 bridgehead atoms. The Labute approximate surface area is 160 Å². The number of phenols is 1. The zero-order valence-corrected chi connectivity index (χ0v) is 15.4. The van der Waals surface area contributed by atoms with Crippen molar-refractivity contribution in [1.82, 2.24) is 25.5 Å². The molecule has 1 aliphatic rings. The topological polar surface area (TPSA) is 89.6 Å². The molecular weight excluding hydrogens is 357 g/mol. The van der Waals surface area contributed by atoms with Gasteiger partial charge in [-0.15, -0.1) is 0 Å². The van der Waals surface area contributed by atoms with Gasteiger partial charge in [0.25, 0.3) is 0 Å². The number of fused-ring (bicyclic) bond motifs is 2. The summed E-state index contributed by atoms with van der Waals surface area (Å²) in [5.41, 5.74) is 5.77. The number of aromatic nitrogens is 4. The van der Waals surface area contributed by atoms with Gasteiger partial charge in [-0.3, -0.25) is 5.10 Å². The summed E-state index contributed by atoms with van der Waals surface area (Å²) >= 11 is 0. The summed E-state index contributed by atoms with van der Waals surface area (Å²) in [6.07, 6.45) is 1.59. The van der Waals surface area contributed by atoms with Crippen molar-refractivity contribution in [2.45, 2.75) is 26.3 Å². The maximum atomic E-state index is 15.1. The standard InChI is InChI=1S/C21H20FN5O/c1-2-11-7-13(28)3-4-14(11)12-8-15(22)19-17(9-12)26-27-20(19)21-24-16-5-6-23-10-18(16)25-21/h3-4,7-9,23,28H,2,5-6,10H2,1H3,(H,24,25)(H,26,27). The van der Waals surface area contributed by atoms with Crippen LogP contribution in [0.2, 0.25) is 0 Å². The molecule has 0 amide bonds. The van der Waals surface area contributed by atoms with Crippen molar-refractivity contribution in [2.24, 2.45) is 0 Å². The Morgan fingerprint density at radius 2 is 2.11 bits per heavy atom. The van der Waals surface area contributed by atoms with Crippen LogP contribution in [0.25, 0.3) is 33.5 Å². The Kier molecular flexibility index (Phi) is 3.91. The first-order chi connectivity index (χ1) is 13.6. The molecule has 0 radical (unpaired) electrons. The number of nitrogens with zero attached hydrogens (tertiary/aromatic N) is 2. The minimum absolute atomic E-state index is 0.210. The highest BCUT2D eigenvalue weighted by molar-refractivity contribution is 5.94. The fourth-order valence-corrected chi connectivity index (χ4v) is 3.92. The molecule has 4 N–H and O–H groups in total. The van der Waals surface area contributed by atoms with E-state index in [-0.39, 0.29) is 11.6 Å². The van der Waals surface area contributed by atoms with Crippen LogP contribution in [0.1, 0.15) is 23.9 Å². The first-order valence-electron chi connectivity index (χ1n) is 9.42. The van der Waals surface area contributed by atoms with Crippen LogP contribution >= 0.6 is 0 Å². The van der Waals surface area contributed by atoms with E-state index in [0.29, 0.717) is 22.4 Å². The molecule has 0 unspecified atom stereocenters. The van der Waals surface area contributed by atoms with Crippen LogP contribution in [0.3, 0.4) is 0 Å². The van der Waals surface area contributed by atoms with Crippen LogP contribution in [-0.4, -0.2) is 31.8 Å². The molecule has 0 fully saturated rings. The van der Waals surface area contributed by atoms with Crippen molar-refractivity contribution in [1.29, 1.82) is 0 Å². The number of aromatic amines is 2. The fraction of sp³-hybridized carbons (Fsp3) is 0.238. The number of hydrogen-bond donors (Lipinski definition) is 4. The van der Waals surface area contributed by atoms with Gasteiger partial charge in [0, 0.05) is 19.5 Å². The first-order valence-corrected chi connectivity index (χ1v) is 9.42. The highest BCUT2D eigenvalue weighted by Gasteiger charge is 2.21. The number of rotatable bonds is 3. The van der Waals surface area contributed by atoms with Crippen LogP contribution in [0.15, 0.2) is 30.3 Å². The molecule has 6 nitrogen and oxygen atoms in total. The number of aryl methyl sites for hydroxylation is 1. The molecule has 2 aromatic carbocycles. The Bertz CT molecular complexity index is 1170. The largest absolute Gasteiger partial charge is 0.508 e. The number of phenolic OH excluding ortho intramolecular Hbond substituents is 1. The van der Waals surface area contributed by atoms with Crippen molar-refractivity contribution in [3.05, 3.63) is 53.1 Å². The molecule has 4 aromatic rings. The number of benzene rings is 2. The van der Waals surface area contributed by atoms with Crippen LogP contribution in [0, 0.1) is 5.82 Å². The van der Waals surface area contributed by atoms with Crippen molar-refractivity contribution >= 4 is 10.9 Å². The summed E-state index contributed by atoms with van der Waals surface area (Å²) in [6.45, 7) is 3.63. The van der Waals surface area contributed by atoms with Crippen LogP contribution in [0.5, 0.6) is 5.75 Å². The quantitative estimate of drug-likeness (QED) is 0.439. The lowest BCUT2D eigenvalue weighted by atomic mass is 9.96. The van der Waals surface area contributed by atoms with Gasteiger partial charge in [-0.1, -0.05) is 13.0 Å². The lowest BCUT2D eigenvalue weighted by Crippen LogP contribution is -2.23. The summed E-state index contributed by atoms with van der Waals surface area (Å²) in [7, 11) is 0. The summed E-state index contributed by atoms with van der Waals surface area (Å²) in [5, 5.41) is 20.8. The Hall–Kier alpha value is -3.19. The third-order valence-electron chi connectivity index (χ3n) is 5.32. The van der Waals surface area contributed by atoms with E-state index in [4.69, 9.17) is 0 Å². The average molecular weight is 377 g/mol. The van der Waals surface area contributed by atoms with Gasteiger partial charge in [-0.05, 0) is 47.4 Å².